The Balaban J connectivity index is 1.75. The van der Waals surface area contributed by atoms with Crippen molar-refractivity contribution < 1.29 is 4.39 Å². The zero-order chi connectivity index (χ0) is 14.1. The van der Waals surface area contributed by atoms with Gasteiger partial charge in [-0.1, -0.05) is 22.0 Å². The minimum atomic E-state index is -0.100. The molecule has 1 saturated heterocycles. The molecule has 1 saturated carbocycles. The highest BCUT2D eigenvalue weighted by Gasteiger charge is 2.35. The number of benzene rings is 1. The largest absolute Gasteiger partial charge is 0.313 e. The number of halogens is 2. The first-order chi connectivity index (χ1) is 9.65. The van der Waals surface area contributed by atoms with Crippen LogP contribution in [0, 0.1) is 5.82 Å². The van der Waals surface area contributed by atoms with E-state index in [-0.39, 0.29) is 11.9 Å². The van der Waals surface area contributed by atoms with Crippen LogP contribution in [0.3, 0.4) is 0 Å². The van der Waals surface area contributed by atoms with Gasteiger partial charge in [-0.25, -0.2) is 4.39 Å². The molecule has 0 radical (unpaired) electrons. The van der Waals surface area contributed by atoms with Crippen LogP contribution in [0.25, 0.3) is 0 Å². The maximum atomic E-state index is 14.2. The van der Waals surface area contributed by atoms with E-state index in [0.29, 0.717) is 12.1 Å². The summed E-state index contributed by atoms with van der Waals surface area (Å²) in [6.07, 6.45) is 5.04. The van der Waals surface area contributed by atoms with Crippen LogP contribution in [0.4, 0.5) is 4.39 Å². The summed E-state index contributed by atoms with van der Waals surface area (Å²) < 4.78 is 15.0. The topological polar surface area (TPSA) is 15.3 Å². The first kappa shape index (κ1) is 14.5. The lowest BCUT2D eigenvalue weighted by Gasteiger charge is -2.32. The number of hydrogen-bond acceptors (Lipinski definition) is 2. The molecule has 1 aliphatic heterocycles. The Morgan fingerprint density at radius 1 is 1.40 bits per heavy atom. The summed E-state index contributed by atoms with van der Waals surface area (Å²) in [4.78, 5) is 2.50. The molecule has 2 fully saturated rings. The Hall–Kier alpha value is -0.450. The van der Waals surface area contributed by atoms with Gasteiger partial charge >= 0.3 is 0 Å². The summed E-state index contributed by atoms with van der Waals surface area (Å²) in [5, 5.41) is 3.56. The van der Waals surface area contributed by atoms with Crippen LogP contribution in [0.2, 0.25) is 0 Å². The molecule has 1 aliphatic carbocycles. The van der Waals surface area contributed by atoms with Crippen LogP contribution < -0.4 is 5.32 Å². The van der Waals surface area contributed by atoms with Crippen molar-refractivity contribution in [1.29, 1.82) is 0 Å². The van der Waals surface area contributed by atoms with E-state index in [0.717, 1.165) is 23.1 Å². The molecule has 2 atom stereocenters. The van der Waals surface area contributed by atoms with Crippen LogP contribution in [0.15, 0.2) is 22.7 Å². The van der Waals surface area contributed by atoms with Gasteiger partial charge in [0, 0.05) is 34.7 Å². The SMILES string of the molecule is CC(c1ccc(Br)cc1F)N(CC1CCCN1)C1CC1. The normalized spacial score (nSPS) is 24.3. The predicted molar refractivity (Wildman–Crippen MR) is 83.3 cm³/mol. The maximum Gasteiger partial charge on any atom is 0.129 e. The fraction of sp³-hybridized carbons (Fsp3) is 0.625. The molecule has 1 aromatic rings. The first-order valence-electron chi connectivity index (χ1n) is 7.59. The molecule has 1 aromatic carbocycles. The van der Waals surface area contributed by atoms with Gasteiger partial charge in [0.2, 0.25) is 0 Å². The van der Waals surface area contributed by atoms with Crippen molar-refractivity contribution in [3.05, 3.63) is 34.1 Å². The van der Waals surface area contributed by atoms with Gasteiger partial charge in [-0.15, -0.1) is 0 Å². The molecule has 1 heterocycles. The second-order valence-corrected chi connectivity index (χ2v) is 6.98. The van der Waals surface area contributed by atoms with Gasteiger partial charge in [0.25, 0.3) is 0 Å². The van der Waals surface area contributed by atoms with Gasteiger partial charge < -0.3 is 5.32 Å². The Morgan fingerprint density at radius 2 is 2.20 bits per heavy atom. The summed E-state index contributed by atoms with van der Waals surface area (Å²) in [6.45, 7) is 4.31. The van der Waals surface area contributed by atoms with Crippen LogP contribution in [0.1, 0.15) is 44.2 Å². The highest BCUT2D eigenvalue weighted by atomic mass is 79.9. The van der Waals surface area contributed by atoms with Crippen molar-refractivity contribution in [2.75, 3.05) is 13.1 Å². The quantitative estimate of drug-likeness (QED) is 0.875. The molecule has 0 spiro atoms. The zero-order valence-electron chi connectivity index (χ0n) is 11.9. The lowest BCUT2D eigenvalue weighted by molar-refractivity contribution is 0.179. The van der Waals surface area contributed by atoms with Crippen molar-refractivity contribution >= 4 is 15.9 Å². The van der Waals surface area contributed by atoms with Crippen molar-refractivity contribution in [3.8, 4) is 0 Å². The van der Waals surface area contributed by atoms with E-state index in [1.807, 2.05) is 12.1 Å². The second-order valence-electron chi connectivity index (χ2n) is 6.06. The van der Waals surface area contributed by atoms with E-state index in [9.17, 15) is 4.39 Å². The van der Waals surface area contributed by atoms with Gasteiger partial charge in [0.15, 0.2) is 0 Å². The fourth-order valence-corrected chi connectivity index (χ4v) is 3.55. The molecular weight excluding hydrogens is 319 g/mol. The lowest BCUT2D eigenvalue weighted by atomic mass is 10.0. The number of rotatable bonds is 5. The summed E-state index contributed by atoms with van der Waals surface area (Å²) in [7, 11) is 0. The lowest BCUT2D eigenvalue weighted by Crippen LogP contribution is -2.40. The van der Waals surface area contributed by atoms with Crippen molar-refractivity contribution in [2.24, 2.45) is 0 Å². The van der Waals surface area contributed by atoms with E-state index < -0.39 is 0 Å². The van der Waals surface area contributed by atoms with Crippen LogP contribution in [-0.4, -0.2) is 30.1 Å². The standard InChI is InChI=1S/C16H22BrFN2/c1-11(15-7-4-12(17)9-16(15)18)20(14-5-6-14)10-13-3-2-8-19-13/h4,7,9,11,13-14,19H,2-3,5-6,8,10H2,1H3. The fourth-order valence-electron chi connectivity index (χ4n) is 3.22. The molecule has 110 valence electrons. The smallest absolute Gasteiger partial charge is 0.129 e. The minimum Gasteiger partial charge on any atom is -0.313 e. The summed E-state index contributed by atoms with van der Waals surface area (Å²) in [5.41, 5.74) is 0.818. The molecular formula is C16H22BrFN2. The number of hydrogen-bond donors (Lipinski definition) is 1. The summed E-state index contributed by atoms with van der Waals surface area (Å²) in [5.74, 6) is -0.100. The van der Waals surface area contributed by atoms with Crippen molar-refractivity contribution in [1.82, 2.24) is 10.2 Å². The highest BCUT2D eigenvalue weighted by molar-refractivity contribution is 9.10. The molecule has 0 amide bonds. The van der Waals surface area contributed by atoms with E-state index in [1.165, 1.54) is 25.7 Å². The average molecular weight is 341 g/mol. The van der Waals surface area contributed by atoms with E-state index in [2.05, 4.69) is 33.1 Å². The Kier molecular flexibility index (Phi) is 4.43. The molecule has 4 heteroatoms. The van der Waals surface area contributed by atoms with Gasteiger partial charge in [0.1, 0.15) is 5.82 Å². The van der Waals surface area contributed by atoms with Crippen LogP contribution >= 0.6 is 15.9 Å². The third-order valence-electron chi connectivity index (χ3n) is 4.52. The molecule has 2 nitrogen and oxygen atoms in total. The first-order valence-corrected chi connectivity index (χ1v) is 8.38. The summed E-state index contributed by atoms with van der Waals surface area (Å²) in [6, 6.07) is 6.81. The van der Waals surface area contributed by atoms with E-state index in [4.69, 9.17) is 0 Å². The van der Waals surface area contributed by atoms with E-state index in [1.54, 1.807) is 6.07 Å². The molecule has 2 unspecified atom stereocenters. The minimum absolute atomic E-state index is 0.100. The zero-order valence-corrected chi connectivity index (χ0v) is 13.5. The van der Waals surface area contributed by atoms with Gasteiger partial charge in [-0.05, 0) is 51.3 Å². The van der Waals surface area contributed by atoms with Crippen molar-refractivity contribution in [2.45, 2.75) is 50.7 Å². The van der Waals surface area contributed by atoms with Gasteiger partial charge in [0.05, 0.1) is 0 Å². The molecule has 0 bridgehead atoms. The third-order valence-corrected chi connectivity index (χ3v) is 5.01. The number of nitrogens with one attached hydrogen (secondary N) is 1. The van der Waals surface area contributed by atoms with Crippen LogP contribution in [0.5, 0.6) is 0 Å². The van der Waals surface area contributed by atoms with Crippen LogP contribution in [-0.2, 0) is 0 Å². The monoisotopic (exact) mass is 340 g/mol. The predicted octanol–water partition coefficient (Wildman–Crippen LogP) is 3.87. The Bertz CT molecular complexity index is 470. The maximum absolute atomic E-state index is 14.2. The second kappa shape index (κ2) is 6.12. The van der Waals surface area contributed by atoms with Gasteiger partial charge in [-0.2, -0.15) is 0 Å². The van der Waals surface area contributed by atoms with E-state index >= 15 is 0 Å². The van der Waals surface area contributed by atoms with Crippen molar-refractivity contribution in [3.63, 3.8) is 0 Å². The Labute approximate surface area is 128 Å². The average Bonchev–Trinajstić information content (AvgIpc) is 3.12. The molecule has 0 aromatic heterocycles. The molecule has 2 aliphatic rings. The molecule has 1 N–H and O–H groups in total. The summed E-state index contributed by atoms with van der Waals surface area (Å²) >= 11 is 3.33. The third kappa shape index (κ3) is 3.23. The molecule has 3 rings (SSSR count). The number of nitrogens with zero attached hydrogens (tertiary/aromatic N) is 1. The Morgan fingerprint density at radius 3 is 2.80 bits per heavy atom. The molecule has 20 heavy (non-hydrogen) atoms. The van der Waals surface area contributed by atoms with Gasteiger partial charge in [-0.3, -0.25) is 4.90 Å². The highest BCUT2D eigenvalue weighted by Crippen LogP contribution is 2.36.